The summed E-state index contributed by atoms with van der Waals surface area (Å²) in [6, 6.07) is 11.6. The highest BCUT2D eigenvalue weighted by Gasteiger charge is 2.46. The van der Waals surface area contributed by atoms with Gasteiger partial charge in [-0.3, -0.25) is 34.2 Å². The molecular formula is C26H26N4O5. The Labute approximate surface area is 202 Å². The van der Waals surface area contributed by atoms with Crippen molar-refractivity contribution in [3.8, 4) is 0 Å². The number of imide groups is 2. The van der Waals surface area contributed by atoms with Crippen LogP contribution >= 0.6 is 0 Å². The maximum atomic E-state index is 13.3. The van der Waals surface area contributed by atoms with Crippen molar-refractivity contribution in [3.05, 3.63) is 64.7 Å². The maximum absolute atomic E-state index is 13.3. The molecule has 1 atom stereocenters. The van der Waals surface area contributed by atoms with Crippen molar-refractivity contribution in [3.63, 3.8) is 0 Å². The third-order valence-corrected chi connectivity index (χ3v) is 7.06. The zero-order valence-electron chi connectivity index (χ0n) is 19.2. The van der Waals surface area contributed by atoms with Crippen LogP contribution in [0.3, 0.4) is 0 Å². The molecule has 1 unspecified atom stereocenters. The highest BCUT2D eigenvalue weighted by molar-refractivity contribution is 6.25. The highest BCUT2D eigenvalue weighted by atomic mass is 16.2. The van der Waals surface area contributed by atoms with Crippen LogP contribution in [0.4, 0.5) is 5.69 Å². The van der Waals surface area contributed by atoms with Crippen molar-refractivity contribution in [2.45, 2.75) is 38.1 Å². The average molecular weight is 475 g/mol. The Morgan fingerprint density at radius 2 is 1.74 bits per heavy atom. The van der Waals surface area contributed by atoms with E-state index in [2.05, 4.69) is 10.2 Å². The van der Waals surface area contributed by atoms with Crippen LogP contribution in [0.25, 0.3) is 0 Å². The van der Waals surface area contributed by atoms with Crippen molar-refractivity contribution in [2.24, 2.45) is 11.7 Å². The average Bonchev–Trinajstić information content (AvgIpc) is 3.06. The number of anilines is 1. The first kappa shape index (κ1) is 22.8. The van der Waals surface area contributed by atoms with Gasteiger partial charge in [-0.05, 0) is 61.4 Å². The molecule has 0 radical (unpaired) electrons. The molecule has 5 amide bonds. The number of primary amides is 1. The molecule has 3 aliphatic heterocycles. The predicted molar refractivity (Wildman–Crippen MR) is 127 cm³/mol. The molecule has 2 saturated heterocycles. The minimum absolute atomic E-state index is 0.0970. The third kappa shape index (κ3) is 4.18. The SMILES string of the molecule is NC(=O)c1ccc(CCCC2CN(c3cccc4c3C(=O)N(C3CCC(=O)NC3=O)C4=O)C2)cc1. The van der Waals surface area contributed by atoms with E-state index < -0.39 is 35.6 Å². The largest absolute Gasteiger partial charge is 0.370 e. The molecule has 0 spiro atoms. The van der Waals surface area contributed by atoms with Crippen molar-refractivity contribution in [2.75, 3.05) is 18.0 Å². The van der Waals surface area contributed by atoms with Gasteiger partial charge in [-0.25, -0.2) is 0 Å². The number of hydrogen-bond acceptors (Lipinski definition) is 6. The molecule has 0 saturated carbocycles. The number of carbonyl (C=O) groups excluding carboxylic acids is 5. The first-order valence-corrected chi connectivity index (χ1v) is 11.8. The number of piperidine rings is 1. The lowest BCUT2D eigenvalue weighted by atomic mass is 9.91. The Morgan fingerprint density at radius 1 is 1.00 bits per heavy atom. The van der Waals surface area contributed by atoms with E-state index in [0.717, 1.165) is 42.8 Å². The molecule has 35 heavy (non-hydrogen) atoms. The molecule has 3 aliphatic rings. The summed E-state index contributed by atoms with van der Waals surface area (Å²) in [5.41, 5.74) is 8.31. The van der Waals surface area contributed by atoms with Crippen LogP contribution in [0.15, 0.2) is 42.5 Å². The molecule has 5 rings (SSSR count). The Morgan fingerprint density at radius 3 is 2.43 bits per heavy atom. The summed E-state index contributed by atoms with van der Waals surface area (Å²) in [5, 5.41) is 2.22. The van der Waals surface area contributed by atoms with E-state index in [1.54, 1.807) is 24.3 Å². The van der Waals surface area contributed by atoms with Crippen LogP contribution in [0, 0.1) is 5.92 Å². The van der Waals surface area contributed by atoms with Crippen LogP contribution in [-0.2, 0) is 16.0 Å². The first-order valence-electron chi connectivity index (χ1n) is 11.8. The molecule has 0 bridgehead atoms. The van der Waals surface area contributed by atoms with Gasteiger partial charge in [0.2, 0.25) is 17.7 Å². The van der Waals surface area contributed by atoms with Gasteiger partial charge in [0.25, 0.3) is 11.8 Å². The fourth-order valence-corrected chi connectivity index (χ4v) is 5.14. The van der Waals surface area contributed by atoms with Gasteiger partial charge >= 0.3 is 0 Å². The van der Waals surface area contributed by atoms with Crippen LogP contribution in [-0.4, -0.2) is 53.6 Å². The minimum atomic E-state index is -0.964. The van der Waals surface area contributed by atoms with Gasteiger partial charge in [-0.2, -0.15) is 0 Å². The summed E-state index contributed by atoms with van der Waals surface area (Å²) in [4.78, 5) is 64.4. The van der Waals surface area contributed by atoms with E-state index in [0.29, 0.717) is 28.3 Å². The van der Waals surface area contributed by atoms with E-state index >= 15 is 0 Å². The van der Waals surface area contributed by atoms with E-state index in [9.17, 15) is 24.0 Å². The van der Waals surface area contributed by atoms with Crippen LogP contribution in [0.2, 0.25) is 0 Å². The highest BCUT2D eigenvalue weighted by Crippen LogP contribution is 2.37. The quantitative estimate of drug-likeness (QED) is 0.587. The van der Waals surface area contributed by atoms with Gasteiger partial charge in [0.1, 0.15) is 6.04 Å². The fourth-order valence-electron chi connectivity index (χ4n) is 5.14. The lowest BCUT2D eigenvalue weighted by Gasteiger charge is -2.42. The van der Waals surface area contributed by atoms with Gasteiger partial charge in [0.05, 0.1) is 16.8 Å². The number of nitrogens with zero attached hydrogens (tertiary/aromatic N) is 2. The Hall–Kier alpha value is -4.01. The lowest BCUT2D eigenvalue weighted by Crippen LogP contribution is -2.54. The minimum Gasteiger partial charge on any atom is -0.370 e. The number of nitrogens with two attached hydrogens (primary N) is 1. The maximum Gasteiger partial charge on any atom is 0.264 e. The number of hydrogen-bond donors (Lipinski definition) is 2. The third-order valence-electron chi connectivity index (χ3n) is 7.06. The van der Waals surface area contributed by atoms with Crippen LogP contribution in [0.5, 0.6) is 0 Å². The normalized spacial score (nSPS) is 20.1. The summed E-state index contributed by atoms with van der Waals surface area (Å²) in [5.74, 6) is -1.91. The molecule has 2 aromatic carbocycles. The van der Waals surface area contributed by atoms with Crippen molar-refractivity contribution in [1.29, 1.82) is 0 Å². The van der Waals surface area contributed by atoms with E-state index in [-0.39, 0.29) is 12.8 Å². The number of benzene rings is 2. The van der Waals surface area contributed by atoms with E-state index in [4.69, 9.17) is 5.73 Å². The predicted octanol–water partition coefficient (Wildman–Crippen LogP) is 1.65. The molecular weight excluding hydrogens is 448 g/mol. The molecule has 180 valence electrons. The van der Waals surface area contributed by atoms with Crippen molar-refractivity contribution in [1.82, 2.24) is 10.2 Å². The molecule has 9 heteroatoms. The second-order valence-electron chi connectivity index (χ2n) is 9.37. The number of aryl methyl sites for hydroxylation is 1. The summed E-state index contributed by atoms with van der Waals surface area (Å²) in [6.07, 6.45) is 3.17. The van der Waals surface area contributed by atoms with Gasteiger partial charge in [0, 0.05) is 25.1 Å². The molecule has 9 nitrogen and oxygen atoms in total. The molecule has 0 aliphatic carbocycles. The van der Waals surface area contributed by atoms with E-state index in [1.807, 2.05) is 18.2 Å². The van der Waals surface area contributed by atoms with Gasteiger partial charge < -0.3 is 10.6 Å². The molecule has 3 heterocycles. The van der Waals surface area contributed by atoms with Crippen LogP contribution < -0.4 is 16.0 Å². The summed E-state index contributed by atoms with van der Waals surface area (Å²) in [6.45, 7) is 1.58. The number of amides is 5. The number of nitrogens with one attached hydrogen (secondary N) is 1. The van der Waals surface area contributed by atoms with Gasteiger partial charge in [-0.15, -0.1) is 0 Å². The molecule has 2 aromatic rings. The molecule has 3 N–H and O–H groups in total. The monoisotopic (exact) mass is 474 g/mol. The fraction of sp³-hybridized carbons (Fsp3) is 0.346. The van der Waals surface area contributed by atoms with Crippen molar-refractivity contribution < 1.29 is 24.0 Å². The first-order chi connectivity index (χ1) is 16.8. The van der Waals surface area contributed by atoms with Gasteiger partial charge in [-0.1, -0.05) is 18.2 Å². The smallest absolute Gasteiger partial charge is 0.264 e. The summed E-state index contributed by atoms with van der Waals surface area (Å²) >= 11 is 0. The second kappa shape index (κ2) is 8.98. The number of fused-ring (bicyclic) bond motifs is 1. The second-order valence-corrected chi connectivity index (χ2v) is 9.37. The van der Waals surface area contributed by atoms with Crippen molar-refractivity contribution >= 4 is 35.2 Å². The standard InChI is InChI=1S/C26H26N4O5/c27-23(32)17-9-7-15(8-10-17)3-1-4-16-13-29(14-16)19-6-2-5-18-22(19)26(35)30(25(18)34)20-11-12-21(31)28-24(20)33/h2,5-10,16,20H,1,3-4,11-14H2,(H2,27,32)(H,28,31,33). The van der Waals surface area contributed by atoms with Gasteiger partial charge in [0.15, 0.2) is 0 Å². The zero-order valence-corrected chi connectivity index (χ0v) is 19.2. The lowest BCUT2D eigenvalue weighted by molar-refractivity contribution is -0.136. The number of carbonyl (C=O) groups is 5. The molecule has 2 fully saturated rings. The molecule has 0 aromatic heterocycles. The summed E-state index contributed by atoms with van der Waals surface area (Å²) < 4.78 is 0. The Kier molecular flexibility index (Phi) is 5.84. The van der Waals surface area contributed by atoms with Crippen LogP contribution in [0.1, 0.15) is 62.3 Å². The van der Waals surface area contributed by atoms with E-state index in [1.165, 1.54) is 0 Å². The zero-order chi connectivity index (χ0) is 24.7. The number of rotatable bonds is 7. The topological polar surface area (TPSA) is 130 Å². The summed E-state index contributed by atoms with van der Waals surface area (Å²) in [7, 11) is 0. The Bertz CT molecular complexity index is 1230. The Balaban J connectivity index is 1.20.